The van der Waals surface area contributed by atoms with Gasteiger partial charge in [-0.2, -0.15) is 0 Å². The molecule has 0 saturated carbocycles. The van der Waals surface area contributed by atoms with Crippen LogP contribution in [0.2, 0.25) is 0 Å². The summed E-state index contributed by atoms with van der Waals surface area (Å²) in [5.41, 5.74) is 9.33. The van der Waals surface area contributed by atoms with Crippen LogP contribution in [0.5, 0.6) is 5.75 Å². The highest BCUT2D eigenvalue weighted by molar-refractivity contribution is 7.48. The van der Waals surface area contributed by atoms with E-state index in [1.165, 1.54) is 44.2 Å². The molecule has 1 atom stereocenters. The van der Waals surface area contributed by atoms with E-state index in [4.69, 9.17) is 4.74 Å². The molecule has 0 radical (unpaired) electrons. The fourth-order valence-electron chi connectivity index (χ4n) is 5.59. The summed E-state index contributed by atoms with van der Waals surface area (Å²) in [7, 11) is 0.642. The first-order valence-electron chi connectivity index (χ1n) is 15.1. The first-order chi connectivity index (χ1) is 19.7. The molecule has 0 spiro atoms. The molecule has 0 fully saturated rings. The number of rotatable bonds is 12. The van der Waals surface area contributed by atoms with Gasteiger partial charge in [0.05, 0.1) is 0 Å². The minimum atomic E-state index is -0.0155. The zero-order valence-corrected chi connectivity index (χ0v) is 27.1. The lowest BCUT2D eigenvalue weighted by atomic mass is 9.81. The molecule has 1 N–H and O–H groups in total. The highest BCUT2D eigenvalue weighted by Gasteiger charge is 2.35. The molecule has 0 bridgehead atoms. The summed E-state index contributed by atoms with van der Waals surface area (Å²) in [5.74, 6) is 1.07. The number of benzene rings is 4. The maximum atomic E-state index is 6.74. The molecule has 0 aromatic heterocycles. The smallest absolute Gasteiger partial charge is 0.126 e. The Morgan fingerprint density at radius 3 is 1.95 bits per heavy atom. The van der Waals surface area contributed by atoms with Gasteiger partial charge in [-0.25, -0.2) is 0 Å². The van der Waals surface area contributed by atoms with Crippen LogP contribution in [0.1, 0.15) is 86.4 Å². The van der Waals surface area contributed by atoms with Crippen LogP contribution < -0.4 is 15.4 Å². The van der Waals surface area contributed by atoms with Crippen LogP contribution >= 0.6 is 8.58 Å². The van der Waals surface area contributed by atoms with E-state index >= 15 is 0 Å². The van der Waals surface area contributed by atoms with Crippen molar-refractivity contribution in [2.24, 2.45) is 0 Å². The van der Waals surface area contributed by atoms with Crippen LogP contribution in [0.4, 0.5) is 0 Å². The molecule has 3 heteroatoms. The van der Waals surface area contributed by atoms with Gasteiger partial charge in [-0.3, -0.25) is 0 Å². The van der Waals surface area contributed by atoms with Crippen molar-refractivity contribution in [3.63, 3.8) is 0 Å². The van der Waals surface area contributed by atoms with Gasteiger partial charge in [0.1, 0.15) is 12.4 Å². The minimum absolute atomic E-state index is 0.0155. The maximum Gasteiger partial charge on any atom is 0.126 e. The van der Waals surface area contributed by atoms with Crippen LogP contribution in [0.3, 0.4) is 0 Å². The maximum absolute atomic E-state index is 6.74. The van der Waals surface area contributed by atoms with Crippen molar-refractivity contribution >= 4 is 13.9 Å². The molecule has 216 valence electrons. The molecule has 4 aromatic carbocycles. The van der Waals surface area contributed by atoms with Gasteiger partial charge in [0.25, 0.3) is 0 Å². The van der Waals surface area contributed by atoms with Gasteiger partial charge in [-0.05, 0) is 70.8 Å². The summed E-state index contributed by atoms with van der Waals surface area (Å²) in [6.07, 6.45) is 2.11. The van der Waals surface area contributed by atoms with Gasteiger partial charge >= 0.3 is 0 Å². The van der Waals surface area contributed by atoms with Crippen LogP contribution in [-0.2, 0) is 30.3 Å². The average Bonchev–Trinajstić information content (AvgIpc) is 2.97. The van der Waals surface area contributed by atoms with Crippen LogP contribution in [0, 0.1) is 13.8 Å². The third-order valence-electron chi connectivity index (χ3n) is 8.30. The van der Waals surface area contributed by atoms with E-state index in [0.29, 0.717) is 15.2 Å². The summed E-state index contributed by atoms with van der Waals surface area (Å²) in [6, 6.07) is 32.8. The molecule has 0 amide bonds. The average molecular weight is 566 g/mol. The van der Waals surface area contributed by atoms with E-state index in [0.717, 1.165) is 31.7 Å². The van der Waals surface area contributed by atoms with Crippen molar-refractivity contribution in [1.82, 2.24) is 5.32 Å². The Kier molecular flexibility index (Phi) is 10.5. The SMILES string of the molecule is CCC(CC)(Pc1c(C)cccc1CNCc1ccccc1)c1cc(C(C)(C)C)cc(C)c1OCc1ccccc1. The molecule has 4 aromatic rings. The van der Waals surface area contributed by atoms with Gasteiger partial charge in [-0.1, -0.05) is 134 Å². The molecule has 0 aliphatic carbocycles. The van der Waals surface area contributed by atoms with Gasteiger partial charge in [0.15, 0.2) is 0 Å². The number of aryl methyl sites for hydroxylation is 2. The Bertz CT molecular complexity index is 1400. The highest BCUT2D eigenvalue weighted by Crippen LogP contribution is 2.52. The fourth-order valence-corrected chi connectivity index (χ4v) is 7.36. The molecule has 0 heterocycles. The van der Waals surface area contributed by atoms with E-state index in [-0.39, 0.29) is 10.6 Å². The molecule has 2 nitrogen and oxygen atoms in total. The van der Waals surface area contributed by atoms with Crippen molar-refractivity contribution < 1.29 is 4.74 Å². The quantitative estimate of drug-likeness (QED) is 0.173. The summed E-state index contributed by atoms with van der Waals surface area (Å²) in [4.78, 5) is 0. The third-order valence-corrected chi connectivity index (χ3v) is 10.7. The molecule has 1 unspecified atom stereocenters. The Balaban J connectivity index is 1.73. The summed E-state index contributed by atoms with van der Waals surface area (Å²) in [5, 5.41) is 5.19. The second-order valence-corrected chi connectivity index (χ2v) is 14.0. The normalized spacial score (nSPS) is 12.3. The van der Waals surface area contributed by atoms with Crippen LogP contribution in [0.25, 0.3) is 0 Å². The Labute approximate surface area is 250 Å². The lowest BCUT2D eigenvalue weighted by Gasteiger charge is -2.37. The molecule has 0 saturated heterocycles. The third kappa shape index (κ3) is 7.68. The van der Waals surface area contributed by atoms with Gasteiger partial charge in [0.2, 0.25) is 0 Å². The molecule has 4 rings (SSSR count). The minimum Gasteiger partial charge on any atom is -0.488 e. The predicted molar refractivity (Wildman–Crippen MR) is 179 cm³/mol. The van der Waals surface area contributed by atoms with E-state index in [9.17, 15) is 0 Å². The van der Waals surface area contributed by atoms with E-state index in [1.807, 2.05) is 0 Å². The number of hydrogen-bond donors (Lipinski definition) is 1. The monoisotopic (exact) mass is 565 g/mol. The van der Waals surface area contributed by atoms with Crippen molar-refractivity contribution in [2.45, 2.75) is 91.6 Å². The summed E-state index contributed by atoms with van der Waals surface area (Å²) >= 11 is 0. The van der Waals surface area contributed by atoms with Crippen molar-refractivity contribution in [3.05, 3.63) is 130 Å². The topological polar surface area (TPSA) is 21.3 Å². The Morgan fingerprint density at radius 1 is 0.707 bits per heavy atom. The molecule has 41 heavy (non-hydrogen) atoms. The summed E-state index contributed by atoms with van der Waals surface area (Å²) in [6.45, 7) is 18.5. The number of nitrogens with one attached hydrogen (secondary N) is 1. The largest absolute Gasteiger partial charge is 0.488 e. The first-order valence-corrected chi connectivity index (χ1v) is 16.1. The zero-order valence-electron chi connectivity index (χ0n) is 26.1. The number of hydrogen-bond acceptors (Lipinski definition) is 2. The second kappa shape index (κ2) is 13.8. The van der Waals surface area contributed by atoms with Crippen LogP contribution in [0.15, 0.2) is 91.0 Å². The molecule has 0 aliphatic rings. The lowest BCUT2D eigenvalue weighted by Crippen LogP contribution is -2.27. The lowest BCUT2D eigenvalue weighted by molar-refractivity contribution is 0.296. The standard InChI is InChI=1S/C38H48NOP/c1-8-38(9-2,41-36-28(3)17-16-22-32(36)26-39-25-30-18-12-10-13-19-30)34-24-33(37(5,6)7)23-29(4)35(34)40-27-31-20-14-11-15-21-31/h10-24,39,41H,8-9,25-27H2,1-7H3. The van der Waals surface area contributed by atoms with E-state index < -0.39 is 0 Å². The molecular formula is C38H48NOP. The van der Waals surface area contributed by atoms with Gasteiger partial charge in [-0.15, -0.1) is 0 Å². The molecule has 0 aliphatic heterocycles. The Morgan fingerprint density at radius 2 is 1.34 bits per heavy atom. The zero-order chi connectivity index (χ0) is 29.5. The number of ether oxygens (including phenoxy) is 1. The summed E-state index contributed by atoms with van der Waals surface area (Å²) < 4.78 is 6.74. The molecular weight excluding hydrogens is 517 g/mol. The predicted octanol–water partition coefficient (Wildman–Crippen LogP) is 9.49. The van der Waals surface area contributed by atoms with Crippen molar-refractivity contribution in [3.8, 4) is 5.75 Å². The van der Waals surface area contributed by atoms with Crippen LogP contribution in [-0.4, -0.2) is 0 Å². The van der Waals surface area contributed by atoms with Crippen molar-refractivity contribution in [2.75, 3.05) is 0 Å². The van der Waals surface area contributed by atoms with Gasteiger partial charge < -0.3 is 10.1 Å². The van der Waals surface area contributed by atoms with Crippen molar-refractivity contribution in [1.29, 1.82) is 0 Å². The second-order valence-electron chi connectivity index (χ2n) is 12.3. The fraction of sp³-hybridized carbons (Fsp3) is 0.368. The first kappa shape index (κ1) is 31.0. The highest BCUT2D eigenvalue weighted by atomic mass is 31.1. The van der Waals surface area contributed by atoms with E-state index in [1.54, 1.807) is 0 Å². The Hall–Kier alpha value is -2.93. The van der Waals surface area contributed by atoms with E-state index in [2.05, 4.69) is 145 Å². The van der Waals surface area contributed by atoms with Gasteiger partial charge in [0, 0.05) is 23.8 Å².